The molecule has 2 heterocycles. The van der Waals surface area contributed by atoms with E-state index < -0.39 is 0 Å². The van der Waals surface area contributed by atoms with Gasteiger partial charge in [-0.2, -0.15) is 0 Å². The van der Waals surface area contributed by atoms with E-state index in [-0.39, 0.29) is 6.04 Å². The fourth-order valence-corrected chi connectivity index (χ4v) is 1.83. The molecule has 0 saturated heterocycles. The largest absolute Gasteiger partial charge is 0.340 e. The smallest absolute Gasteiger partial charge is 0.0947 e. The predicted molar refractivity (Wildman–Crippen MR) is 67.7 cm³/mol. The van der Waals surface area contributed by atoms with Gasteiger partial charge in [-0.25, -0.2) is 4.98 Å². The van der Waals surface area contributed by atoms with E-state index in [0.717, 1.165) is 23.5 Å². The molecule has 0 aliphatic carbocycles. The molecule has 0 spiro atoms. The van der Waals surface area contributed by atoms with Crippen LogP contribution in [0.1, 0.15) is 29.9 Å². The maximum atomic E-state index is 4.41. The summed E-state index contributed by atoms with van der Waals surface area (Å²) in [7, 11) is 1.98. The van der Waals surface area contributed by atoms with Crippen LogP contribution in [0.25, 0.3) is 0 Å². The number of rotatable bonds is 4. The third-order valence-corrected chi connectivity index (χ3v) is 2.70. The van der Waals surface area contributed by atoms with Crippen LogP contribution in [-0.4, -0.2) is 21.1 Å². The van der Waals surface area contributed by atoms with E-state index >= 15 is 0 Å². The Balaban J connectivity index is 2.31. The summed E-state index contributed by atoms with van der Waals surface area (Å²) in [6.07, 6.45) is 5.77. The van der Waals surface area contributed by atoms with E-state index in [1.807, 2.05) is 43.3 Å². The summed E-state index contributed by atoms with van der Waals surface area (Å²) in [5.74, 6) is 0. The zero-order valence-corrected chi connectivity index (χ0v) is 10.5. The van der Waals surface area contributed by atoms with Gasteiger partial charge < -0.3 is 9.88 Å². The molecule has 0 saturated carbocycles. The van der Waals surface area contributed by atoms with Crippen LogP contribution in [-0.2, 0) is 7.05 Å². The van der Waals surface area contributed by atoms with Crippen LogP contribution in [0, 0.1) is 6.92 Å². The molecule has 4 nitrogen and oxygen atoms in total. The summed E-state index contributed by atoms with van der Waals surface area (Å²) < 4.78 is 1.96. The number of aryl methyl sites for hydroxylation is 2. The summed E-state index contributed by atoms with van der Waals surface area (Å²) in [6.45, 7) is 4.99. The molecule has 0 aliphatic rings. The van der Waals surface area contributed by atoms with Crippen molar-refractivity contribution >= 4 is 0 Å². The summed E-state index contributed by atoms with van der Waals surface area (Å²) in [6, 6.07) is 4.25. The van der Waals surface area contributed by atoms with Crippen molar-refractivity contribution in [2.45, 2.75) is 19.9 Å². The molecule has 0 aliphatic heterocycles. The van der Waals surface area contributed by atoms with Gasteiger partial charge in [0.05, 0.1) is 18.1 Å². The fourth-order valence-electron chi connectivity index (χ4n) is 1.83. The highest BCUT2D eigenvalue weighted by Crippen LogP contribution is 2.19. The molecule has 0 amide bonds. The summed E-state index contributed by atoms with van der Waals surface area (Å²) in [5, 5.41) is 3.43. The highest BCUT2D eigenvalue weighted by atomic mass is 15.0. The van der Waals surface area contributed by atoms with Gasteiger partial charge in [-0.3, -0.25) is 4.98 Å². The number of nitrogens with zero attached hydrogens (tertiary/aromatic N) is 3. The molecular formula is C13H18N4. The Morgan fingerprint density at radius 1 is 1.35 bits per heavy atom. The van der Waals surface area contributed by atoms with Crippen LogP contribution in [0.2, 0.25) is 0 Å². The second-order valence-electron chi connectivity index (χ2n) is 4.19. The van der Waals surface area contributed by atoms with Crippen molar-refractivity contribution < 1.29 is 0 Å². The van der Waals surface area contributed by atoms with Crippen molar-refractivity contribution in [3.63, 3.8) is 0 Å². The molecule has 0 bridgehead atoms. The number of nitrogens with one attached hydrogen (secondary N) is 1. The first kappa shape index (κ1) is 11.8. The first-order valence-corrected chi connectivity index (χ1v) is 5.84. The van der Waals surface area contributed by atoms with Gasteiger partial charge in [0.25, 0.3) is 0 Å². The van der Waals surface area contributed by atoms with Gasteiger partial charge >= 0.3 is 0 Å². The zero-order valence-electron chi connectivity index (χ0n) is 10.5. The molecular weight excluding hydrogens is 212 g/mol. The minimum absolute atomic E-state index is 0.120. The van der Waals surface area contributed by atoms with Crippen LogP contribution in [0.5, 0.6) is 0 Å². The maximum absolute atomic E-state index is 4.41. The quantitative estimate of drug-likeness (QED) is 0.871. The van der Waals surface area contributed by atoms with Crippen molar-refractivity contribution in [2.24, 2.45) is 7.05 Å². The molecule has 0 fully saturated rings. The van der Waals surface area contributed by atoms with E-state index in [1.54, 1.807) is 0 Å². The van der Waals surface area contributed by atoms with E-state index in [2.05, 4.69) is 28.3 Å². The van der Waals surface area contributed by atoms with E-state index in [1.165, 1.54) is 0 Å². The van der Waals surface area contributed by atoms with Crippen LogP contribution in [0.4, 0.5) is 0 Å². The average molecular weight is 230 g/mol. The first-order valence-electron chi connectivity index (χ1n) is 5.84. The average Bonchev–Trinajstić information content (AvgIpc) is 2.74. The van der Waals surface area contributed by atoms with Gasteiger partial charge in [-0.15, -0.1) is 0 Å². The van der Waals surface area contributed by atoms with Gasteiger partial charge in [0.15, 0.2) is 0 Å². The maximum Gasteiger partial charge on any atom is 0.0947 e. The second-order valence-corrected chi connectivity index (χ2v) is 4.19. The minimum Gasteiger partial charge on any atom is -0.340 e. The Kier molecular flexibility index (Phi) is 3.54. The molecule has 0 aromatic carbocycles. The Morgan fingerprint density at radius 3 is 2.71 bits per heavy atom. The van der Waals surface area contributed by atoms with Gasteiger partial charge in [0, 0.05) is 25.1 Å². The molecule has 17 heavy (non-hydrogen) atoms. The predicted octanol–water partition coefficient (Wildman–Crippen LogP) is 1.82. The van der Waals surface area contributed by atoms with Crippen LogP contribution in [0.15, 0.2) is 30.9 Å². The van der Waals surface area contributed by atoms with E-state index in [0.29, 0.717) is 0 Å². The summed E-state index contributed by atoms with van der Waals surface area (Å²) >= 11 is 0. The first-order chi connectivity index (χ1) is 8.20. The van der Waals surface area contributed by atoms with Crippen molar-refractivity contribution in [3.05, 3.63) is 47.8 Å². The Bertz CT molecular complexity index is 472. The SMILES string of the molecule is CCNC(c1ccc(C)nc1)c1cn(C)cn1. The molecule has 1 unspecified atom stereocenters. The Labute approximate surface area is 102 Å². The third-order valence-electron chi connectivity index (χ3n) is 2.70. The lowest BCUT2D eigenvalue weighted by Gasteiger charge is -2.15. The van der Waals surface area contributed by atoms with Gasteiger partial charge in [0.2, 0.25) is 0 Å². The van der Waals surface area contributed by atoms with Crippen LogP contribution >= 0.6 is 0 Å². The molecule has 4 heteroatoms. The van der Waals surface area contributed by atoms with Crippen LogP contribution in [0.3, 0.4) is 0 Å². The lowest BCUT2D eigenvalue weighted by atomic mass is 10.1. The van der Waals surface area contributed by atoms with Crippen molar-refractivity contribution in [3.8, 4) is 0 Å². The van der Waals surface area contributed by atoms with Gasteiger partial charge in [-0.1, -0.05) is 13.0 Å². The summed E-state index contributed by atoms with van der Waals surface area (Å²) in [5.41, 5.74) is 3.21. The molecule has 2 rings (SSSR count). The normalized spacial score (nSPS) is 12.6. The number of pyridine rings is 1. The Hall–Kier alpha value is -1.68. The number of imidazole rings is 1. The number of hydrogen-bond acceptors (Lipinski definition) is 3. The van der Waals surface area contributed by atoms with Gasteiger partial charge in [0.1, 0.15) is 0 Å². The lowest BCUT2D eigenvalue weighted by Crippen LogP contribution is -2.22. The topological polar surface area (TPSA) is 42.7 Å². The molecule has 2 aromatic rings. The second kappa shape index (κ2) is 5.10. The molecule has 1 atom stereocenters. The highest BCUT2D eigenvalue weighted by molar-refractivity contribution is 5.25. The lowest BCUT2D eigenvalue weighted by molar-refractivity contribution is 0.615. The number of hydrogen-bond donors (Lipinski definition) is 1. The van der Waals surface area contributed by atoms with Gasteiger partial charge in [-0.05, 0) is 25.1 Å². The molecule has 0 radical (unpaired) electrons. The van der Waals surface area contributed by atoms with E-state index in [4.69, 9.17) is 0 Å². The number of aromatic nitrogens is 3. The zero-order chi connectivity index (χ0) is 12.3. The standard InChI is InChI=1S/C13H18N4/c1-4-14-13(12-8-17(3)9-16-12)11-6-5-10(2)15-7-11/h5-9,13-14H,4H2,1-3H3. The third kappa shape index (κ3) is 2.71. The molecule has 2 aromatic heterocycles. The Morgan fingerprint density at radius 2 is 2.18 bits per heavy atom. The van der Waals surface area contributed by atoms with Crippen LogP contribution < -0.4 is 5.32 Å². The fraction of sp³-hybridized carbons (Fsp3) is 0.385. The monoisotopic (exact) mass is 230 g/mol. The molecule has 1 N–H and O–H groups in total. The van der Waals surface area contributed by atoms with Crippen molar-refractivity contribution in [1.82, 2.24) is 19.9 Å². The highest BCUT2D eigenvalue weighted by Gasteiger charge is 2.15. The summed E-state index contributed by atoms with van der Waals surface area (Å²) in [4.78, 5) is 8.75. The van der Waals surface area contributed by atoms with Crippen molar-refractivity contribution in [1.29, 1.82) is 0 Å². The minimum atomic E-state index is 0.120. The van der Waals surface area contributed by atoms with E-state index in [9.17, 15) is 0 Å². The van der Waals surface area contributed by atoms with Crippen molar-refractivity contribution in [2.75, 3.05) is 6.54 Å². The molecule has 90 valence electrons.